The largest absolute Gasteiger partial charge is 0.497 e. The minimum absolute atomic E-state index is 0.806. The Morgan fingerprint density at radius 2 is 1.56 bits per heavy atom. The van der Waals surface area contributed by atoms with Crippen LogP contribution in [-0.2, 0) is 0 Å². The Morgan fingerprint density at radius 3 is 2.19 bits per heavy atom. The van der Waals surface area contributed by atoms with Gasteiger partial charge < -0.3 is 9.47 Å². The van der Waals surface area contributed by atoms with Crippen LogP contribution in [0.3, 0.4) is 0 Å². The standard InChI is InChI=1S/C13H13NO2/c1-15-11-5-3-10(4-6-11)13-9-12(16-2)7-8-14-13/h3-9H,1-2H3. The lowest BCUT2D eigenvalue weighted by Gasteiger charge is -2.04. The third-order valence-corrected chi connectivity index (χ3v) is 2.35. The molecule has 0 spiro atoms. The molecule has 0 unspecified atom stereocenters. The molecule has 0 aliphatic carbocycles. The van der Waals surface area contributed by atoms with Crippen molar-refractivity contribution in [1.82, 2.24) is 4.98 Å². The van der Waals surface area contributed by atoms with E-state index in [2.05, 4.69) is 4.98 Å². The Hall–Kier alpha value is -2.03. The minimum Gasteiger partial charge on any atom is -0.497 e. The average molecular weight is 215 g/mol. The number of benzene rings is 1. The maximum absolute atomic E-state index is 5.16. The minimum atomic E-state index is 0.806. The summed E-state index contributed by atoms with van der Waals surface area (Å²) in [6.45, 7) is 0. The molecule has 0 aliphatic heterocycles. The number of rotatable bonds is 3. The molecule has 0 atom stereocenters. The predicted octanol–water partition coefficient (Wildman–Crippen LogP) is 2.77. The van der Waals surface area contributed by atoms with E-state index >= 15 is 0 Å². The number of hydrogen-bond acceptors (Lipinski definition) is 3. The summed E-state index contributed by atoms with van der Waals surface area (Å²) >= 11 is 0. The molecule has 1 aromatic carbocycles. The van der Waals surface area contributed by atoms with Gasteiger partial charge in [0.1, 0.15) is 11.5 Å². The van der Waals surface area contributed by atoms with E-state index in [1.807, 2.05) is 36.4 Å². The lowest BCUT2D eigenvalue weighted by Crippen LogP contribution is -1.87. The van der Waals surface area contributed by atoms with E-state index < -0.39 is 0 Å². The molecule has 0 radical (unpaired) electrons. The van der Waals surface area contributed by atoms with Crippen molar-refractivity contribution in [3.8, 4) is 22.8 Å². The van der Waals surface area contributed by atoms with Crippen LogP contribution in [0.15, 0.2) is 42.6 Å². The highest BCUT2D eigenvalue weighted by molar-refractivity contribution is 5.61. The van der Waals surface area contributed by atoms with Crippen LogP contribution in [0, 0.1) is 0 Å². The van der Waals surface area contributed by atoms with E-state index in [9.17, 15) is 0 Å². The maximum atomic E-state index is 5.16. The number of hydrogen-bond donors (Lipinski definition) is 0. The van der Waals surface area contributed by atoms with Crippen molar-refractivity contribution in [2.24, 2.45) is 0 Å². The fourth-order valence-electron chi connectivity index (χ4n) is 1.46. The molecule has 0 saturated carbocycles. The second-order valence-corrected chi connectivity index (χ2v) is 3.31. The van der Waals surface area contributed by atoms with Crippen LogP contribution in [0.1, 0.15) is 0 Å². The van der Waals surface area contributed by atoms with Crippen LogP contribution in [0.5, 0.6) is 11.5 Å². The molecule has 0 aliphatic rings. The Balaban J connectivity index is 2.34. The smallest absolute Gasteiger partial charge is 0.122 e. The van der Waals surface area contributed by atoms with Gasteiger partial charge in [-0.1, -0.05) is 0 Å². The van der Waals surface area contributed by atoms with Gasteiger partial charge in [0, 0.05) is 17.8 Å². The van der Waals surface area contributed by atoms with Crippen LogP contribution in [-0.4, -0.2) is 19.2 Å². The summed E-state index contributed by atoms with van der Waals surface area (Å²) in [6.07, 6.45) is 1.73. The monoisotopic (exact) mass is 215 g/mol. The Bertz CT molecular complexity index is 466. The Morgan fingerprint density at radius 1 is 0.875 bits per heavy atom. The lowest BCUT2D eigenvalue weighted by atomic mass is 10.1. The van der Waals surface area contributed by atoms with Gasteiger partial charge in [0.25, 0.3) is 0 Å². The van der Waals surface area contributed by atoms with Gasteiger partial charge in [-0.15, -0.1) is 0 Å². The highest BCUT2D eigenvalue weighted by Crippen LogP contribution is 2.23. The first kappa shape index (κ1) is 10.5. The zero-order chi connectivity index (χ0) is 11.4. The van der Waals surface area contributed by atoms with E-state index in [0.717, 1.165) is 22.8 Å². The number of pyridine rings is 1. The van der Waals surface area contributed by atoms with Crippen molar-refractivity contribution in [3.63, 3.8) is 0 Å². The van der Waals surface area contributed by atoms with Crippen LogP contribution in [0.25, 0.3) is 11.3 Å². The van der Waals surface area contributed by atoms with Gasteiger partial charge in [-0.2, -0.15) is 0 Å². The van der Waals surface area contributed by atoms with Crippen molar-refractivity contribution in [2.75, 3.05) is 14.2 Å². The van der Waals surface area contributed by atoms with Crippen molar-refractivity contribution in [1.29, 1.82) is 0 Å². The van der Waals surface area contributed by atoms with Crippen molar-refractivity contribution < 1.29 is 9.47 Å². The molecule has 16 heavy (non-hydrogen) atoms. The normalized spacial score (nSPS) is 9.88. The number of nitrogens with zero attached hydrogens (tertiary/aromatic N) is 1. The van der Waals surface area contributed by atoms with E-state index in [1.165, 1.54) is 0 Å². The summed E-state index contributed by atoms with van der Waals surface area (Å²) in [7, 11) is 3.30. The quantitative estimate of drug-likeness (QED) is 0.788. The van der Waals surface area contributed by atoms with E-state index in [-0.39, 0.29) is 0 Å². The first-order valence-corrected chi connectivity index (χ1v) is 4.98. The fraction of sp³-hybridized carbons (Fsp3) is 0.154. The first-order valence-electron chi connectivity index (χ1n) is 4.98. The van der Waals surface area contributed by atoms with E-state index in [4.69, 9.17) is 9.47 Å². The Kier molecular flexibility index (Phi) is 3.05. The molecule has 3 nitrogen and oxygen atoms in total. The van der Waals surface area contributed by atoms with Crippen molar-refractivity contribution in [2.45, 2.75) is 0 Å². The van der Waals surface area contributed by atoms with Gasteiger partial charge in [0.15, 0.2) is 0 Å². The second-order valence-electron chi connectivity index (χ2n) is 3.31. The summed E-state index contributed by atoms with van der Waals surface area (Å²) in [6, 6.07) is 11.5. The maximum Gasteiger partial charge on any atom is 0.122 e. The molecule has 0 fully saturated rings. The van der Waals surface area contributed by atoms with Crippen LogP contribution in [0.2, 0.25) is 0 Å². The fourth-order valence-corrected chi connectivity index (χ4v) is 1.46. The first-order chi connectivity index (χ1) is 7.83. The topological polar surface area (TPSA) is 31.4 Å². The molecule has 2 aromatic rings. The summed E-state index contributed by atoms with van der Waals surface area (Å²) < 4.78 is 10.3. The van der Waals surface area contributed by atoms with Gasteiger partial charge in [-0.25, -0.2) is 0 Å². The van der Waals surface area contributed by atoms with Gasteiger partial charge >= 0.3 is 0 Å². The molecular formula is C13H13NO2. The van der Waals surface area contributed by atoms with E-state index in [0.29, 0.717) is 0 Å². The molecule has 0 N–H and O–H groups in total. The SMILES string of the molecule is COc1ccc(-c2cc(OC)ccn2)cc1. The summed E-state index contributed by atoms with van der Waals surface area (Å²) in [5, 5.41) is 0. The second kappa shape index (κ2) is 4.66. The van der Waals surface area contributed by atoms with E-state index in [1.54, 1.807) is 20.4 Å². The zero-order valence-electron chi connectivity index (χ0n) is 9.31. The molecule has 0 saturated heterocycles. The summed E-state index contributed by atoms with van der Waals surface area (Å²) in [5.74, 6) is 1.65. The molecule has 1 heterocycles. The lowest BCUT2D eigenvalue weighted by molar-refractivity contribution is 0.414. The van der Waals surface area contributed by atoms with Gasteiger partial charge in [0.05, 0.1) is 19.9 Å². The molecule has 2 rings (SSSR count). The van der Waals surface area contributed by atoms with Gasteiger partial charge in [-0.05, 0) is 30.3 Å². The number of aromatic nitrogens is 1. The molecule has 0 amide bonds. The summed E-state index contributed by atoms with van der Waals surface area (Å²) in [5.41, 5.74) is 1.93. The summed E-state index contributed by atoms with van der Waals surface area (Å²) in [4.78, 5) is 4.29. The third kappa shape index (κ3) is 2.14. The average Bonchev–Trinajstić information content (AvgIpc) is 2.39. The van der Waals surface area contributed by atoms with Crippen molar-refractivity contribution >= 4 is 0 Å². The third-order valence-electron chi connectivity index (χ3n) is 2.35. The molecular weight excluding hydrogens is 202 g/mol. The van der Waals surface area contributed by atoms with Crippen LogP contribution in [0.4, 0.5) is 0 Å². The number of methoxy groups -OCH3 is 2. The zero-order valence-corrected chi connectivity index (χ0v) is 9.31. The molecule has 0 bridgehead atoms. The molecule has 82 valence electrons. The number of ether oxygens (including phenoxy) is 2. The predicted molar refractivity (Wildman–Crippen MR) is 62.8 cm³/mol. The van der Waals surface area contributed by atoms with Crippen molar-refractivity contribution in [3.05, 3.63) is 42.6 Å². The molecule has 1 aromatic heterocycles. The van der Waals surface area contributed by atoms with Crippen LogP contribution < -0.4 is 9.47 Å². The van der Waals surface area contributed by atoms with Crippen LogP contribution >= 0.6 is 0 Å². The Labute approximate surface area is 94.7 Å². The molecule has 3 heteroatoms. The highest BCUT2D eigenvalue weighted by Gasteiger charge is 2.01. The van der Waals surface area contributed by atoms with Gasteiger partial charge in [0.2, 0.25) is 0 Å². The van der Waals surface area contributed by atoms with Gasteiger partial charge in [-0.3, -0.25) is 4.98 Å². The highest BCUT2D eigenvalue weighted by atomic mass is 16.5.